The van der Waals surface area contributed by atoms with Crippen molar-refractivity contribution in [1.82, 2.24) is 24.3 Å². The molecule has 1 aliphatic heterocycles. The Balaban J connectivity index is 1.26. The third-order valence-electron chi connectivity index (χ3n) is 7.04. The maximum absolute atomic E-state index is 14.8. The van der Waals surface area contributed by atoms with E-state index in [1.165, 1.54) is 38.5 Å². The van der Waals surface area contributed by atoms with Gasteiger partial charge in [0, 0.05) is 18.3 Å². The number of likely N-dealkylation sites (tertiary alicyclic amines) is 1. The predicted molar refractivity (Wildman–Crippen MR) is 127 cm³/mol. The van der Waals surface area contributed by atoms with E-state index in [1.54, 1.807) is 6.20 Å². The smallest absolute Gasteiger partial charge is 0.223 e. The normalized spacial score (nSPS) is 21.1. The third-order valence-corrected chi connectivity index (χ3v) is 7.04. The van der Waals surface area contributed by atoms with Gasteiger partial charge in [0.15, 0.2) is 5.82 Å². The number of rotatable bonds is 5. The SMILES string of the molecule is Fc1cnc(NC2CCC(N3CCC3)CC2)nc1-c1cnc2ccc(-c3ccccc3)cn12. The highest BCUT2D eigenvalue weighted by Gasteiger charge is 2.29. The number of nitrogens with one attached hydrogen (secondary N) is 1. The molecule has 0 bridgehead atoms. The van der Waals surface area contributed by atoms with Gasteiger partial charge in [-0.3, -0.25) is 4.40 Å². The molecule has 2 aliphatic rings. The molecule has 4 heterocycles. The van der Waals surface area contributed by atoms with Crippen LogP contribution in [0.3, 0.4) is 0 Å². The molecular weight excluding hydrogens is 415 g/mol. The van der Waals surface area contributed by atoms with Crippen LogP contribution in [0.1, 0.15) is 32.1 Å². The minimum atomic E-state index is -0.450. The van der Waals surface area contributed by atoms with Gasteiger partial charge in [-0.05, 0) is 68.5 Å². The van der Waals surface area contributed by atoms with E-state index >= 15 is 0 Å². The fourth-order valence-corrected chi connectivity index (χ4v) is 5.05. The van der Waals surface area contributed by atoms with Crippen molar-refractivity contribution in [2.24, 2.45) is 0 Å². The third kappa shape index (κ3) is 3.97. The van der Waals surface area contributed by atoms with Crippen LogP contribution in [0, 0.1) is 5.82 Å². The van der Waals surface area contributed by atoms with Crippen LogP contribution in [0.5, 0.6) is 0 Å². The van der Waals surface area contributed by atoms with E-state index in [4.69, 9.17) is 0 Å². The van der Waals surface area contributed by atoms with Crippen molar-refractivity contribution in [3.05, 3.63) is 66.9 Å². The standard InChI is InChI=1S/C26H27FN6/c27-22-15-29-26(30-20-8-10-21(11-9-20)32-13-4-14-32)31-25(22)23-16-28-24-12-7-19(17-33(23)24)18-5-2-1-3-6-18/h1-3,5-7,12,15-17,20-21H,4,8-11,13-14H2,(H,29,30,31). The van der Waals surface area contributed by atoms with Crippen LogP contribution < -0.4 is 5.32 Å². The molecule has 2 fully saturated rings. The summed E-state index contributed by atoms with van der Waals surface area (Å²) in [5, 5.41) is 3.45. The number of aromatic nitrogens is 4. The van der Waals surface area contributed by atoms with Crippen molar-refractivity contribution in [1.29, 1.82) is 0 Å². The van der Waals surface area contributed by atoms with Gasteiger partial charge < -0.3 is 10.2 Å². The highest BCUT2D eigenvalue weighted by Crippen LogP contribution is 2.29. The Kier molecular flexibility index (Phi) is 5.26. The van der Waals surface area contributed by atoms with Crippen molar-refractivity contribution < 1.29 is 4.39 Å². The molecule has 6 nitrogen and oxygen atoms in total. The molecule has 0 unspecified atom stereocenters. The highest BCUT2D eigenvalue weighted by atomic mass is 19.1. The summed E-state index contributed by atoms with van der Waals surface area (Å²) in [5.74, 6) is 0.0296. The number of hydrogen-bond donors (Lipinski definition) is 1. The second-order valence-corrected chi connectivity index (χ2v) is 9.08. The van der Waals surface area contributed by atoms with E-state index < -0.39 is 5.82 Å². The first-order chi connectivity index (χ1) is 16.2. The molecule has 0 amide bonds. The summed E-state index contributed by atoms with van der Waals surface area (Å²) in [5.41, 5.74) is 3.76. The molecule has 4 aromatic rings. The van der Waals surface area contributed by atoms with Crippen LogP contribution in [0.15, 0.2) is 61.1 Å². The predicted octanol–water partition coefficient (Wildman–Crippen LogP) is 5.03. The Morgan fingerprint density at radius 1 is 0.879 bits per heavy atom. The lowest BCUT2D eigenvalue weighted by molar-refractivity contribution is 0.0888. The van der Waals surface area contributed by atoms with E-state index in [0.717, 1.165) is 35.7 Å². The zero-order valence-electron chi connectivity index (χ0n) is 18.5. The van der Waals surface area contributed by atoms with Crippen molar-refractivity contribution in [2.45, 2.75) is 44.2 Å². The van der Waals surface area contributed by atoms with E-state index in [-0.39, 0.29) is 5.69 Å². The highest BCUT2D eigenvalue weighted by molar-refractivity contribution is 5.68. The summed E-state index contributed by atoms with van der Waals surface area (Å²) in [6.45, 7) is 2.50. The average molecular weight is 443 g/mol. The number of imidazole rings is 1. The van der Waals surface area contributed by atoms with Crippen molar-refractivity contribution >= 4 is 11.6 Å². The lowest BCUT2D eigenvalue weighted by Gasteiger charge is -2.42. The van der Waals surface area contributed by atoms with Gasteiger partial charge >= 0.3 is 0 Å². The number of pyridine rings is 1. The van der Waals surface area contributed by atoms with Gasteiger partial charge in [0.1, 0.15) is 11.3 Å². The Bertz CT molecular complexity index is 1260. The fraction of sp³-hybridized carbons (Fsp3) is 0.346. The van der Waals surface area contributed by atoms with Crippen molar-refractivity contribution in [2.75, 3.05) is 18.4 Å². The summed E-state index contributed by atoms with van der Waals surface area (Å²) in [6, 6.07) is 15.1. The summed E-state index contributed by atoms with van der Waals surface area (Å²) < 4.78 is 16.7. The number of anilines is 1. The lowest BCUT2D eigenvalue weighted by atomic mass is 9.89. The minimum absolute atomic E-state index is 0.263. The topological polar surface area (TPSA) is 58.4 Å². The molecule has 33 heavy (non-hydrogen) atoms. The summed E-state index contributed by atoms with van der Waals surface area (Å²) in [6.07, 6.45) is 10.8. The van der Waals surface area contributed by atoms with Crippen molar-refractivity contribution in [3.8, 4) is 22.5 Å². The molecule has 1 aromatic carbocycles. The van der Waals surface area contributed by atoms with E-state index in [0.29, 0.717) is 17.7 Å². The van der Waals surface area contributed by atoms with Crippen LogP contribution in [0.2, 0.25) is 0 Å². The molecule has 168 valence electrons. The molecule has 0 radical (unpaired) electrons. The fourth-order valence-electron chi connectivity index (χ4n) is 5.05. The quantitative estimate of drug-likeness (QED) is 0.470. The first-order valence-corrected chi connectivity index (χ1v) is 11.8. The average Bonchev–Trinajstić information content (AvgIpc) is 3.24. The summed E-state index contributed by atoms with van der Waals surface area (Å²) in [4.78, 5) is 15.9. The van der Waals surface area contributed by atoms with Crippen LogP contribution >= 0.6 is 0 Å². The number of hydrogen-bond acceptors (Lipinski definition) is 5. The van der Waals surface area contributed by atoms with Gasteiger partial charge in [-0.1, -0.05) is 30.3 Å². The Labute approximate surface area is 192 Å². The molecule has 1 N–H and O–H groups in total. The number of benzene rings is 1. The molecule has 1 saturated carbocycles. The second-order valence-electron chi connectivity index (χ2n) is 9.08. The first-order valence-electron chi connectivity index (χ1n) is 11.8. The van der Waals surface area contributed by atoms with E-state index in [1.807, 2.05) is 40.9 Å². The number of halogens is 1. The van der Waals surface area contributed by atoms with E-state index in [9.17, 15) is 4.39 Å². The van der Waals surface area contributed by atoms with Crippen LogP contribution in [-0.4, -0.2) is 49.4 Å². The Hall–Kier alpha value is -3.32. The second kappa shape index (κ2) is 8.56. The molecule has 3 aromatic heterocycles. The first kappa shape index (κ1) is 20.3. The molecule has 0 atom stereocenters. The maximum atomic E-state index is 14.8. The molecular formula is C26H27FN6. The number of fused-ring (bicyclic) bond motifs is 1. The van der Waals surface area contributed by atoms with Gasteiger partial charge in [-0.25, -0.2) is 19.3 Å². The monoisotopic (exact) mass is 442 g/mol. The van der Waals surface area contributed by atoms with Gasteiger partial charge in [0.2, 0.25) is 5.95 Å². The Morgan fingerprint density at radius 3 is 2.45 bits per heavy atom. The molecule has 7 heteroatoms. The van der Waals surface area contributed by atoms with Crippen molar-refractivity contribution in [3.63, 3.8) is 0 Å². The van der Waals surface area contributed by atoms with Crippen LogP contribution in [0.25, 0.3) is 28.2 Å². The zero-order valence-corrected chi connectivity index (χ0v) is 18.5. The summed E-state index contributed by atoms with van der Waals surface area (Å²) >= 11 is 0. The Morgan fingerprint density at radius 2 is 1.70 bits per heavy atom. The van der Waals surface area contributed by atoms with Gasteiger partial charge in [0.05, 0.1) is 18.1 Å². The minimum Gasteiger partial charge on any atom is -0.351 e. The van der Waals surface area contributed by atoms with Gasteiger partial charge in [-0.2, -0.15) is 0 Å². The van der Waals surface area contributed by atoms with Gasteiger partial charge in [-0.15, -0.1) is 0 Å². The van der Waals surface area contributed by atoms with Gasteiger partial charge in [0.25, 0.3) is 0 Å². The molecule has 0 spiro atoms. The largest absolute Gasteiger partial charge is 0.351 e. The molecule has 6 rings (SSSR count). The zero-order chi connectivity index (χ0) is 22.2. The molecule has 1 saturated heterocycles. The maximum Gasteiger partial charge on any atom is 0.223 e. The van der Waals surface area contributed by atoms with Crippen LogP contribution in [0.4, 0.5) is 10.3 Å². The van der Waals surface area contributed by atoms with E-state index in [2.05, 4.69) is 37.3 Å². The molecule has 1 aliphatic carbocycles. The lowest BCUT2D eigenvalue weighted by Crippen LogP contribution is -2.47. The van der Waals surface area contributed by atoms with Crippen LogP contribution in [-0.2, 0) is 0 Å². The summed E-state index contributed by atoms with van der Waals surface area (Å²) in [7, 11) is 0. The number of nitrogens with zero attached hydrogens (tertiary/aromatic N) is 5.